The fourth-order valence-corrected chi connectivity index (χ4v) is 2.00. The van der Waals surface area contributed by atoms with Gasteiger partial charge in [0.1, 0.15) is 6.04 Å². The van der Waals surface area contributed by atoms with E-state index < -0.39 is 12.0 Å². The maximum Gasteiger partial charge on any atom is 0.321 e. The van der Waals surface area contributed by atoms with E-state index in [9.17, 15) is 4.79 Å². The molecule has 88 valence electrons. The molecule has 2 rings (SSSR count). The van der Waals surface area contributed by atoms with Crippen LogP contribution in [0.1, 0.15) is 5.56 Å². The standard InChI is InChI=1S/C14H15NO2/c1-15-13(14(16)17)9-11-7-4-6-10-5-2-3-8-12(10)11/h2-8,13,15H,9H2,1H3,(H,16,17)/t13-/m0/s1. The van der Waals surface area contributed by atoms with Crippen LogP contribution < -0.4 is 5.32 Å². The van der Waals surface area contributed by atoms with E-state index in [1.807, 2.05) is 42.5 Å². The van der Waals surface area contributed by atoms with Gasteiger partial charge in [0.15, 0.2) is 0 Å². The van der Waals surface area contributed by atoms with Crippen LogP contribution in [-0.4, -0.2) is 24.2 Å². The number of rotatable bonds is 4. The average molecular weight is 229 g/mol. The van der Waals surface area contributed by atoms with E-state index >= 15 is 0 Å². The highest BCUT2D eigenvalue weighted by Crippen LogP contribution is 2.19. The number of aliphatic carboxylic acids is 1. The van der Waals surface area contributed by atoms with Gasteiger partial charge in [-0.1, -0.05) is 42.5 Å². The molecular formula is C14H15NO2. The lowest BCUT2D eigenvalue weighted by molar-refractivity contribution is -0.139. The third kappa shape index (κ3) is 2.45. The summed E-state index contributed by atoms with van der Waals surface area (Å²) in [5.41, 5.74) is 1.06. The second-order valence-corrected chi connectivity index (χ2v) is 4.02. The van der Waals surface area contributed by atoms with E-state index in [-0.39, 0.29) is 0 Å². The van der Waals surface area contributed by atoms with Gasteiger partial charge in [-0.05, 0) is 29.8 Å². The van der Waals surface area contributed by atoms with Crippen LogP contribution in [-0.2, 0) is 11.2 Å². The third-order valence-electron chi connectivity index (χ3n) is 2.95. The third-order valence-corrected chi connectivity index (χ3v) is 2.95. The molecule has 2 aromatic carbocycles. The van der Waals surface area contributed by atoms with Crippen molar-refractivity contribution in [3.63, 3.8) is 0 Å². The first kappa shape index (κ1) is 11.6. The van der Waals surface area contributed by atoms with Crippen LogP contribution in [0.15, 0.2) is 42.5 Å². The van der Waals surface area contributed by atoms with Gasteiger partial charge in [-0.25, -0.2) is 0 Å². The number of nitrogens with one attached hydrogen (secondary N) is 1. The Hall–Kier alpha value is -1.87. The molecule has 2 aromatic rings. The first-order valence-corrected chi connectivity index (χ1v) is 5.59. The lowest BCUT2D eigenvalue weighted by Gasteiger charge is -2.12. The monoisotopic (exact) mass is 229 g/mol. The summed E-state index contributed by atoms with van der Waals surface area (Å²) in [5, 5.41) is 14.1. The van der Waals surface area contributed by atoms with Gasteiger partial charge in [-0.3, -0.25) is 4.79 Å². The van der Waals surface area contributed by atoms with Crippen LogP contribution >= 0.6 is 0 Å². The van der Waals surface area contributed by atoms with Crippen molar-refractivity contribution < 1.29 is 9.90 Å². The van der Waals surface area contributed by atoms with Gasteiger partial charge in [0.25, 0.3) is 0 Å². The highest BCUT2D eigenvalue weighted by Gasteiger charge is 2.16. The van der Waals surface area contributed by atoms with Gasteiger partial charge in [-0.2, -0.15) is 0 Å². The van der Waals surface area contributed by atoms with Crippen molar-refractivity contribution in [2.45, 2.75) is 12.5 Å². The largest absolute Gasteiger partial charge is 0.480 e. The maximum absolute atomic E-state index is 11.0. The van der Waals surface area contributed by atoms with E-state index in [1.165, 1.54) is 0 Å². The van der Waals surface area contributed by atoms with Crippen LogP contribution in [0.5, 0.6) is 0 Å². The van der Waals surface area contributed by atoms with Crippen LogP contribution in [0.2, 0.25) is 0 Å². The number of likely N-dealkylation sites (N-methyl/N-ethyl adjacent to an activating group) is 1. The molecule has 0 spiro atoms. The Kier molecular flexibility index (Phi) is 3.40. The van der Waals surface area contributed by atoms with Crippen molar-refractivity contribution in [2.75, 3.05) is 7.05 Å². The van der Waals surface area contributed by atoms with Crippen molar-refractivity contribution in [1.82, 2.24) is 5.32 Å². The molecule has 0 saturated heterocycles. The Morgan fingerprint density at radius 3 is 2.65 bits per heavy atom. The smallest absolute Gasteiger partial charge is 0.321 e. The summed E-state index contributed by atoms with van der Waals surface area (Å²) in [7, 11) is 1.67. The quantitative estimate of drug-likeness (QED) is 0.843. The number of fused-ring (bicyclic) bond motifs is 1. The van der Waals surface area contributed by atoms with E-state index in [0.717, 1.165) is 16.3 Å². The highest BCUT2D eigenvalue weighted by atomic mass is 16.4. The number of hydrogen-bond acceptors (Lipinski definition) is 2. The second-order valence-electron chi connectivity index (χ2n) is 4.02. The van der Waals surface area contributed by atoms with Crippen molar-refractivity contribution in [3.05, 3.63) is 48.0 Å². The van der Waals surface area contributed by atoms with Crippen LogP contribution in [0.3, 0.4) is 0 Å². The fourth-order valence-electron chi connectivity index (χ4n) is 2.00. The normalized spacial score (nSPS) is 12.5. The van der Waals surface area contributed by atoms with Gasteiger partial charge in [0, 0.05) is 0 Å². The summed E-state index contributed by atoms with van der Waals surface area (Å²) in [6, 6.07) is 13.5. The highest BCUT2D eigenvalue weighted by molar-refractivity contribution is 5.86. The number of carboxylic acid groups (broad SMARTS) is 1. The molecule has 0 heterocycles. The summed E-state index contributed by atoms with van der Waals surface area (Å²) in [6.45, 7) is 0. The molecule has 0 aromatic heterocycles. The zero-order valence-electron chi connectivity index (χ0n) is 9.68. The molecule has 0 aliphatic rings. The number of carboxylic acids is 1. The fraction of sp³-hybridized carbons (Fsp3) is 0.214. The molecular weight excluding hydrogens is 214 g/mol. The van der Waals surface area contributed by atoms with Crippen molar-refractivity contribution >= 4 is 16.7 Å². The Bertz CT molecular complexity index is 531. The molecule has 17 heavy (non-hydrogen) atoms. The molecule has 0 bridgehead atoms. The molecule has 0 radical (unpaired) electrons. The minimum absolute atomic E-state index is 0.493. The molecule has 0 aliphatic heterocycles. The first-order valence-electron chi connectivity index (χ1n) is 5.59. The van der Waals surface area contributed by atoms with Gasteiger partial charge < -0.3 is 10.4 Å². The molecule has 0 unspecified atom stereocenters. The second kappa shape index (κ2) is 4.97. The molecule has 3 nitrogen and oxygen atoms in total. The van der Waals surface area contributed by atoms with E-state index in [2.05, 4.69) is 5.32 Å². The SMILES string of the molecule is CN[C@@H](Cc1cccc2ccccc12)C(=O)O. The van der Waals surface area contributed by atoms with E-state index in [0.29, 0.717) is 6.42 Å². The Morgan fingerprint density at radius 1 is 1.24 bits per heavy atom. The summed E-state index contributed by atoms with van der Waals surface area (Å²) < 4.78 is 0. The van der Waals surface area contributed by atoms with Crippen molar-refractivity contribution in [1.29, 1.82) is 0 Å². The topological polar surface area (TPSA) is 49.3 Å². The van der Waals surface area contributed by atoms with E-state index in [4.69, 9.17) is 5.11 Å². The Morgan fingerprint density at radius 2 is 1.94 bits per heavy atom. The van der Waals surface area contributed by atoms with Crippen LogP contribution in [0, 0.1) is 0 Å². The number of benzene rings is 2. The molecule has 0 aliphatic carbocycles. The predicted molar refractivity (Wildman–Crippen MR) is 68.1 cm³/mol. The van der Waals surface area contributed by atoms with E-state index in [1.54, 1.807) is 7.05 Å². The summed E-state index contributed by atoms with van der Waals surface area (Å²) in [4.78, 5) is 11.0. The number of carbonyl (C=O) groups is 1. The zero-order chi connectivity index (χ0) is 12.3. The summed E-state index contributed by atoms with van der Waals surface area (Å²) in [5.74, 6) is -0.819. The Balaban J connectivity index is 2.38. The zero-order valence-corrected chi connectivity index (χ0v) is 9.68. The lowest BCUT2D eigenvalue weighted by Crippen LogP contribution is -2.35. The summed E-state index contributed by atoms with van der Waals surface area (Å²) in [6.07, 6.45) is 0.493. The molecule has 3 heteroatoms. The maximum atomic E-state index is 11.0. The molecule has 0 fully saturated rings. The minimum Gasteiger partial charge on any atom is -0.480 e. The van der Waals surface area contributed by atoms with Gasteiger partial charge >= 0.3 is 5.97 Å². The Labute approximate surface area is 100 Å². The molecule has 0 amide bonds. The minimum atomic E-state index is -0.819. The number of hydrogen-bond donors (Lipinski definition) is 2. The van der Waals surface area contributed by atoms with Crippen LogP contribution in [0.25, 0.3) is 10.8 Å². The summed E-state index contributed by atoms with van der Waals surface area (Å²) >= 11 is 0. The van der Waals surface area contributed by atoms with Gasteiger partial charge in [-0.15, -0.1) is 0 Å². The molecule has 0 saturated carbocycles. The van der Waals surface area contributed by atoms with Gasteiger partial charge in [0.05, 0.1) is 0 Å². The van der Waals surface area contributed by atoms with Crippen molar-refractivity contribution in [3.8, 4) is 0 Å². The predicted octanol–water partition coefficient (Wildman–Crippen LogP) is 2.05. The lowest BCUT2D eigenvalue weighted by atomic mass is 9.99. The van der Waals surface area contributed by atoms with Crippen LogP contribution in [0.4, 0.5) is 0 Å². The average Bonchev–Trinajstić information content (AvgIpc) is 2.35. The molecule has 2 N–H and O–H groups in total. The molecule has 1 atom stereocenters. The van der Waals surface area contributed by atoms with Gasteiger partial charge in [0.2, 0.25) is 0 Å². The first-order chi connectivity index (χ1) is 8.22. The van der Waals surface area contributed by atoms with Crippen molar-refractivity contribution in [2.24, 2.45) is 0 Å².